The van der Waals surface area contributed by atoms with Crippen LogP contribution in [0.15, 0.2) is 24.5 Å². The summed E-state index contributed by atoms with van der Waals surface area (Å²) in [6.07, 6.45) is 5.99. The molecule has 2 aromatic rings. The molecule has 0 aliphatic heterocycles. The molecule has 1 saturated carbocycles. The molecule has 5 heteroatoms. The van der Waals surface area contributed by atoms with Gasteiger partial charge in [-0.1, -0.05) is 0 Å². The molecule has 0 atom stereocenters. The SMILES string of the molecule is Cn1nccc1-c1ccnc(NC2CC2)n1. The Morgan fingerprint density at radius 3 is 2.88 bits per heavy atom. The van der Waals surface area contributed by atoms with Crippen LogP contribution in [0.1, 0.15) is 12.8 Å². The highest BCUT2D eigenvalue weighted by Crippen LogP contribution is 2.23. The van der Waals surface area contributed by atoms with Gasteiger partial charge < -0.3 is 5.32 Å². The number of aryl methyl sites for hydroxylation is 1. The minimum absolute atomic E-state index is 0.571. The summed E-state index contributed by atoms with van der Waals surface area (Å²) >= 11 is 0. The zero-order chi connectivity index (χ0) is 11.0. The Labute approximate surface area is 93.5 Å². The van der Waals surface area contributed by atoms with E-state index in [0.29, 0.717) is 12.0 Å². The molecule has 0 aromatic carbocycles. The van der Waals surface area contributed by atoms with Gasteiger partial charge in [-0.05, 0) is 25.0 Å². The van der Waals surface area contributed by atoms with Crippen molar-refractivity contribution in [1.82, 2.24) is 19.7 Å². The van der Waals surface area contributed by atoms with Gasteiger partial charge in [0.1, 0.15) is 0 Å². The van der Waals surface area contributed by atoms with Gasteiger partial charge in [0, 0.05) is 25.5 Å². The third-order valence-corrected chi connectivity index (χ3v) is 2.65. The van der Waals surface area contributed by atoms with Crippen LogP contribution in [0.5, 0.6) is 0 Å². The predicted octanol–water partition coefficient (Wildman–Crippen LogP) is 1.45. The fourth-order valence-electron chi connectivity index (χ4n) is 1.61. The summed E-state index contributed by atoms with van der Waals surface area (Å²) in [4.78, 5) is 8.68. The smallest absolute Gasteiger partial charge is 0.223 e. The molecular formula is C11H13N5. The summed E-state index contributed by atoms with van der Waals surface area (Å²) in [7, 11) is 1.91. The van der Waals surface area contributed by atoms with Gasteiger partial charge in [-0.15, -0.1) is 0 Å². The average molecular weight is 215 g/mol. The van der Waals surface area contributed by atoms with E-state index in [1.165, 1.54) is 12.8 Å². The van der Waals surface area contributed by atoms with Crippen LogP contribution in [-0.4, -0.2) is 25.8 Å². The first-order valence-electron chi connectivity index (χ1n) is 5.41. The Morgan fingerprint density at radius 1 is 1.31 bits per heavy atom. The summed E-state index contributed by atoms with van der Waals surface area (Å²) in [6, 6.07) is 4.42. The third-order valence-electron chi connectivity index (χ3n) is 2.65. The van der Waals surface area contributed by atoms with Gasteiger partial charge in [-0.2, -0.15) is 5.10 Å². The number of aromatic nitrogens is 4. The van der Waals surface area contributed by atoms with Crippen molar-refractivity contribution in [1.29, 1.82) is 0 Å². The molecule has 0 radical (unpaired) electrons. The average Bonchev–Trinajstić information content (AvgIpc) is 2.99. The third kappa shape index (κ3) is 1.76. The van der Waals surface area contributed by atoms with Gasteiger partial charge in [-0.25, -0.2) is 9.97 Å². The molecule has 2 heterocycles. The van der Waals surface area contributed by atoms with Gasteiger partial charge in [0.05, 0.1) is 11.4 Å². The molecule has 1 aliphatic rings. The maximum absolute atomic E-state index is 4.47. The van der Waals surface area contributed by atoms with E-state index in [1.807, 2.05) is 23.9 Å². The summed E-state index contributed by atoms with van der Waals surface area (Å²) in [5.41, 5.74) is 1.90. The van der Waals surface area contributed by atoms with Crippen LogP contribution in [0.4, 0.5) is 5.95 Å². The normalized spacial score (nSPS) is 15.1. The highest BCUT2D eigenvalue weighted by molar-refractivity contribution is 5.55. The Bertz CT molecular complexity index is 501. The zero-order valence-corrected chi connectivity index (χ0v) is 9.09. The second-order valence-electron chi connectivity index (χ2n) is 4.02. The first kappa shape index (κ1) is 9.33. The molecule has 0 amide bonds. The number of hydrogen-bond donors (Lipinski definition) is 1. The zero-order valence-electron chi connectivity index (χ0n) is 9.09. The standard InChI is InChI=1S/C11H13N5/c1-16-10(5-7-13-16)9-4-6-12-11(15-9)14-8-2-3-8/h4-8H,2-3H2,1H3,(H,12,14,15). The molecule has 0 spiro atoms. The minimum atomic E-state index is 0.571. The largest absolute Gasteiger partial charge is 0.351 e. The lowest BCUT2D eigenvalue weighted by atomic mass is 10.3. The summed E-state index contributed by atoms with van der Waals surface area (Å²) in [6.45, 7) is 0. The Morgan fingerprint density at radius 2 is 2.19 bits per heavy atom. The molecule has 82 valence electrons. The van der Waals surface area contributed by atoms with Gasteiger partial charge in [0.15, 0.2) is 0 Å². The molecule has 1 fully saturated rings. The fraction of sp³-hybridized carbons (Fsp3) is 0.364. The Kier molecular flexibility index (Phi) is 2.09. The van der Waals surface area contributed by atoms with E-state index in [-0.39, 0.29) is 0 Å². The van der Waals surface area contributed by atoms with Crippen LogP contribution in [0, 0.1) is 0 Å². The molecule has 0 saturated heterocycles. The topological polar surface area (TPSA) is 55.6 Å². The van der Waals surface area contributed by atoms with Gasteiger partial charge >= 0.3 is 0 Å². The minimum Gasteiger partial charge on any atom is -0.351 e. The molecule has 5 nitrogen and oxygen atoms in total. The number of nitrogens with one attached hydrogen (secondary N) is 1. The molecular weight excluding hydrogens is 202 g/mol. The lowest BCUT2D eigenvalue weighted by molar-refractivity contribution is 0.773. The molecule has 2 aromatic heterocycles. The van der Waals surface area contributed by atoms with E-state index in [4.69, 9.17) is 0 Å². The predicted molar refractivity (Wildman–Crippen MR) is 60.9 cm³/mol. The van der Waals surface area contributed by atoms with Gasteiger partial charge in [0.2, 0.25) is 5.95 Å². The maximum Gasteiger partial charge on any atom is 0.223 e. The second-order valence-corrected chi connectivity index (χ2v) is 4.02. The van der Waals surface area contributed by atoms with E-state index in [1.54, 1.807) is 12.4 Å². The highest BCUT2D eigenvalue weighted by Gasteiger charge is 2.21. The molecule has 3 rings (SSSR count). The summed E-state index contributed by atoms with van der Waals surface area (Å²) < 4.78 is 1.81. The van der Waals surface area contributed by atoms with E-state index in [2.05, 4.69) is 20.4 Å². The lowest BCUT2D eigenvalue weighted by Crippen LogP contribution is -2.06. The summed E-state index contributed by atoms with van der Waals surface area (Å²) in [5, 5.41) is 7.42. The monoisotopic (exact) mass is 215 g/mol. The molecule has 0 unspecified atom stereocenters. The number of hydrogen-bond acceptors (Lipinski definition) is 4. The quantitative estimate of drug-likeness (QED) is 0.842. The van der Waals surface area contributed by atoms with E-state index in [0.717, 1.165) is 11.4 Å². The summed E-state index contributed by atoms with van der Waals surface area (Å²) in [5.74, 6) is 0.709. The Balaban J connectivity index is 1.92. The van der Waals surface area contributed by atoms with Crippen molar-refractivity contribution in [3.8, 4) is 11.4 Å². The van der Waals surface area contributed by atoms with Crippen LogP contribution in [-0.2, 0) is 7.05 Å². The maximum atomic E-state index is 4.47. The van der Waals surface area contributed by atoms with Crippen molar-refractivity contribution >= 4 is 5.95 Å². The van der Waals surface area contributed by atoms with Gasteiger partial charge in [0.25, 0.3) is 0 Å². The van der Waals surface area contributed by atoms with Crippen molar-refractivity contribution in [2.75, 3.05) is 5.32 Å². The van der Waals surface area contributed by atoms with Crippen LogP contribution >= 0.6 is 0 Å². The number of nitrogens with zero attached hydrogens (tertiary/aromatic N) is 4. The molecule has 16 heavy (non-hydrogen) atoms. The van der Waals surface area contributed by atoms with E-state index < -0.39 is 0 Å². The van der Waals surface area contributed by atoms with Crippen LogP contribution in [0.25, 0.3) is 11.4 Å². The van der Waals surface area contributed by atoms with Crippen molar-refractivity contribution in [3.05, 3.63) is 24.5 Å². The van der Waals surface area contributed by atoms with Crippen molar-refractivity contribution < 1.29 is 0 Å². The number of rotatable bonds is 3. The first-order valence-corrected chi connectivity index (χ1v) is 5.41. The fourth-order valence-corrected chi connectivity index (χ4v) is 1.61. The van der Waals surface area contributed by atoms with Crippen LogP contribution in [0.3, 0.4) is 0 Å². The molecule has 0 bridgehead atoms. The molecule has 1 aliphatic carbocycles. The van der Waals surface area contributed by atoms with Crippen molar-refractivity contribution in [2.45, 2.75) is 18.9 Å². The van der Waals surface area contributed by atoms with Crippen molar-refractivity contribution in [2.24, 2.45) is 7.05 Å². The van der Waals surface area contributed by atoms with Crippen molar-refractivity contribution in [3.63, 3.8) is 0 Å². The lowest BCUT2D eigenvalue weighted by Gasteiger charge is -2.05. The van der Waals surface area contributed by atoms with Gasteiger partial charge in [-0.3, -0.25) is 4.68 Å². The Hall–Kier alpha value is -1.91. The van der Waals surface area contributed by atoms with E-state index >= 15 is 0 Å². The van der Waals surface area contributed by atoms with Crippen LogP contribution in [0.2, 0.25) is 0 Å². The molecule has 1 N–H and O–H groups in total. The second kappa shape index (κ2) is 3.59. The number of anilines is 1. The van der Waals surface area contributed by atoms with E-state index in [9.17, 15) is 0 Å². The first-order chi connectivity index (χ1) is 7.83. The van der Waals surface area contributed by atoms with Crippen LogP contribution < -0.4 is 5.32 Å². The highest BCUT2D eigenvalue weighted by atomic mass is 15.3.